The number of carbonyl (C=O) groups excluding carboxylic acids is 1. The van der Waals surface area contributed by atoms with Gasteiger partial charge in [-0.2, -0.15) is 0 Å². The zero-order valence-corrected chi connectivity index (χ0v) is 10.9. The molecule has 0 atom stereocenters. The van der Waals surface area contributed by atoms with Crippen molar-refractivity contribution in [1.82, 2.24) is 0 Å². The number of ether oxygens (including phenoxy) is 2. The molecular formula is C15H8O7. The van der Waals surface area contributed by atoms with Crippen LogP contribution >= 0.6 is 0 Å². The molecule has 2 aromatic carbocycles. The summed E-state index contributed by atoms with van der Waals surface area (Å²) in [5, 5.41) is 17.2. The van der Waals surface area contributed by atoms with Crippen LogP contribution in [-0.2, 0) is 0 Å². The Labute approximate surface area is 123 Å². The van der Waals surface area contributed by atoms with Gasteiger partial charge in [0.25, 0.3) is 0 Å². The Hall–Kier alpha value is -3.35. The van der Waals surface area contributed by atoms with E-state index in [-0.39, 0.29) is 17.3 Å². The van der Waals surface area contributed by atoms with Gasteiger partial charge in [0.15, 0.2) is 5.78 Å². The quantitative estimate of drug-likeness (QED) is 0.552. The van der Waals surface area contributed by atoms with Crippen LogP contribution in [0.1, 0.15) is 15.9 Å². The van der Waals surface area contributed by atoms with E-state index in [9.17, 15) is 14.4 Å². The summed E-state index contributed by atoms with van der Waals surface area (Å²) >= 11 is 0. The zero-order valence-electron chi connectivity index (χ0n) is 10.9. The first-order chi connectivity index (χ1) is 10.5. The molecule has 110 valence electrons. The lowest BCUT2D eigenvalue weighted by atomic mass is 10.1. The van der Waals surface area contributed by atoms with Crippen LogP contribution in [-0.4, -0.2) is 28.3 Å². The molecule has 2 N–H and O–H groups in total. The molecule has 7 nitrogen and oxygen atoms in total. The zero-order chi connectivity index (χ0) is 15.9. The van der Waals surface area contributed by atoms with Gasteiger partial charge < -0.3 is 19.7 Å². The molecule has 0 saturated carbocycles. The lowest BCUT2D eigenvalue weighted by Gasteiger charge is -2.03. The van der Waals surface area contributed by atoms with E-state index >= 15 is 0 Å². The Balaban J connectivity index is 2.03. The minimum Gasteiger partial charge on any atom is -0.449 e. The van der Waals surface area contributed by atoms with E-state index in [0.717, 1.165) is 0 Å². The van der Waals surface area contributed by atoms with Crippen LogP contribution in [0, 0.1) is 0 Å². The summed E-state index contributed by atoms with van der Waals surface area (Å²) in [7, 11) is 0. The van der Waals surface area contributed by atoms with E-state index in [2.05, 4.69) is 9.47 Å². The summed E-state index contributed by atoms with van der Waals surface area (Å²) in [5.41, 5.74) is 1.83. The van der Waals surface area contributed by atoms with Gasteiger partial charge in [-0.05, 0) is 47.5 Å². The molecule has 0 bridgehead atoms. The molecule has 0 saturated heterocycles. The molecule has 0 spiro atoms. The maximum Gasteiger partial charge on any atom is 0.511 e. The molecule has 0 aromatic heterocycles. The maximum absolute atomic E-state index is 12.4. The molecule has 0 amide bonds. The number of benzene rings is 2. The first-order valence-corrected chi connectivity index (χ1v) is 6.10. The fraction of sp³-hybridized carbons (Fsp3) is 0. The maximum atomic E-state index is 12.4. The highest BCUT2D eigenvalue weighted by atomic mass is 16.7. The third kappa shape index (κ3) is 2.24. The summed E-state index contributed by atoms with van der Waals surface area (Å²) in [4.78, 5) is 33.4. The van der Waals surface area contributed by atoms with Gasteiger partial charge in [0.05, 0.1) is 0 Å². The number of hydrogen-bond acceptors (Lipinski definition) is 5. The Kier molecular flexibility index (Phi) is 3.03. The fourth-order valence-electron chi connectivity index (χ4n) is 2.37. The monoisotopic (exact) mass is 300 g/mol. The molecule has 1 aliphatic carbocycles. The van der Waals surface area contributed by atoms with Crippen LogP contribution in [0.5, 0.6) is 11.5 Å². The van der Waals surface area contributed by atoms with Gasteiger partial charge in [-0.25, -0.2) is 9.59 Å². The van der Waals surface area contributed by atoms with Gasteiger partial charge in [-0.1, -0.05) is 0 Å². The van der Waals surface area contributed by atoms with Gasteiger partial charge in [0.1, 0.15) is 11.5 Å². The van der Waals surface area contributed by atoms with Crippen molar-refractivity contribution in [2.24, 2.45) is 0 Å². The van der Waals surface area contributed by atoms with Crippen molar-refractivity contribution < 1.29 is 34.1 Å². The van der Waals surface area contributed by atoms with Crippen LogP contribution in [0.25, 0.3) is 11.1 Å². The van der Waals surface area contributed by atoms with Crippen molar-refractivity contribution in [1.29, 1.82) is 0 Å². The number of carbonyl (C=O) groups is 3. The molecule has 7 heteroatoms. The van der Waals surface area contributed by atoms with Crippen LogP contribution in [0.3, 0.4) is 0 Å². The normalized spacial score (nSPS) is 11.5. The first-order valence-electron chi connectivity index (χ1n) is 6.10. The number of carboxylic acid groups (broad SMARTS) is 2. The smallest absolute Gasteiger partial charge is 0.449 e. The molecule has 0 radical (unpaired) electrons. The minimum absolute atomic E-state index is 0.0365. The topological polar surface area (TPSA) is 110 Å². The Morgan fingerprint density at radius 3 is 1.50 bits per heavy atom. The van der Waals surface area contributed by atoms with Crippen molar-refractivity contribution >= 4 is 18.1 Å². The third-order valence-corrected chi connectivity index (χ3v) is 3.17. The molecule has 0 unspecified atom stereocenters. The van der Waals surface area contributed by atoms with E-state index in [1.165, 1.54) is 24.3 Å². The SMILES string of the molecule is O=C(O)Oc1ccc2c(c1)C(=O)c1cc(OC(=O)O)ccc1-2. The van der Waals surface area contributed by atoms with Crippen molar-refractivity contribution in [3.05, 3.63) is 47.5 Å². The summed E-state index contributed by atoms with van der Waals surface area (Å²) in [6.45, 7) is 0. The Morgan fingerprint density at radius 1 is 0.727 bits per heavy atom. The second-order valence-corrected chi connectivity index (χ2v) is 4.48. The molecule has 22 heavy (non-hydrogen) atoms. The second-order valence-electron chi connectivity index (χ2n) is 4.48. The van der Waals surface area contributed by atoms with Crippen molar-refractivity contribution in [2.45, 2.75) is 0 Å². The Bertz CT molecular complexity index is 755. The summed E-state index contributed by atoms with van der Waals surface area (Å²) in [6.07, 6.45) is -2.94. The lowest BCUT2D eigenvalue weighted by molar-refractivity contribution is 0.104. The number of hydrogen-bond donors (Lipinski definition) is 2. The molecule has 0 fully saturated rings. The second kappa shape index (κ2) is 4.88. The van der Waals surface area contributed by atoms with Gasteiger partial charge >= 0.3 is 12.3 Å². The number of ketones is 1. The van der Waals surface area contributed by atoms with E-state index in [1.54, 1.807) is 12.1 Å². The average Bonchev–Trinajstić information content (AvgIpc) is 2.71. The lowest BCUT2D eigenvalue weighted by Crippen LogP contribution is -2.04. The molecule has 0 heterocycles. The molecule has 1 aliphatic rings. The van der Waals surface area contributed by atoms with Gasteiger partial charge in [0.2, 0.25) is 0 Å². The average molecular weight is 300 g/mol. The van der Waals surface area contributed by atoms with E-state index in [0.29, 0.717) is 22.3 Å². The van der Waals surface area contributed by atoms with Crippen molar-refractivity contribution in [3.63, 3.8) is 0 Å². The summed E-state index contributed by atoms with van der Waals surface area (Å²) < 4.78 is 9.05. The van der Waals surface area contributed by atoms with E-state index < -0.39 is 12.3 Å². The molecule has 2 aromatic rings. The van der Waals surface area contributed by atoms with E-state index in [1.807, 2.05) is 0 Å². The van der Waals surface area contributed by atoms with Gasteiger partial charge in [-0.3, -0.25) is 4.79 Å². The van der Waals surface area contributed by atoms with Gasteiger partial charge in [0, 0.05) is 11.1 Å². The standard InChI is InChI=1S/C15H8O7/c16-13-11-5-7(21-14(17)18)1-3-9(11)10-4-2-8(6-12(10)13)22-15(19)20/h1-6H,(H,17,18)(H,19,20). The highest BCUT2D eigenvalue weighted by Gasteiger charge is 2.28. The third-order valence-electron chi connectivity index (χ3n) is 3.17. The molecule has 3 rings (SSSR count). The summed E-state index contributed by atoms with van der Waals surface area (Å²) in [5.74, 6) is -0.277. The van der Waals surface area contributed by atoms with Crippen LogP contribution < -0.4 is 9.47 Å². The first kappa shape index (κ1) is 13.6. The van der Waals surface area contributed by atoms with Crippen LogP contribution in [0.2, 0.25) is 0 Å². The van der Waals surface area contributed by atoms with Crippen molar-refractivity contribution in [2.75, 3.05) is 0 Å². The Morgan fingerprint density at radius 2 is 1.14 bits per heavy atom. The highest BCUT2D eigenvalue weighted by Crippen LogP contribution is 2.39. The minimum atomic E-state index is -1.47. The van der Waals surface area contributed by atoms with E-state index in [4.69, 9.17) is 10.2 Å². The molecular weight excluding hydrogens is 292 g/mol. The predicted octanol–water partition coefficient (Wildman–Crippen LogP) is 3.01. The predicted molar refractivity (Wildman–Crippen MR) is 72.6 cm³/mol. The highest BCUT2D eigenvalue weighted by molar-refractivity contribution is 6.22. The number of fused-ring (bicyclic) bond motifs is 3. The largest absolute Gasteiger partial charge is 0.511 e. The molecule has 0 aliphatic heterocycles. The number of rotatable bonds is 2. The van der Waals surface area contributed by atoms with Crippen molar-refractivity contribution in [3.8, 4) is 22.6 Å². The van der Waals surface area contributed by atoms with Crippen LogP contribution in [0.4, 0.5) is 9.59 Å². The van der Waals surface area contributed by atoms with Crippen LogP contribution in [0.15, 0.2) is 36.4 Å². The van der Waals surface area contributed by atoms with Gasteiger partial charge in [-0.15, -0.1) is 0 Å². The summed E-state index contributed by atoms with van der Waals surface area (Å²) in [6, 6.07) is 8.71. The fourth-order valence-corrected chi connectivity index (χ4v) is 2.37.